The lowest BCUT2D eigenvalue weighted by Crippen LogP contribution is -2.03. The molecule has 0 aliphatic carbocycles. The zero-order valence-corrected chi connectivity index (χ0v) is 14.4. The van der Waals surface area contributed by atoms with Crippen LogP contribution < -0.4 is 0 Å². The molecule has 0 saturated heterocycles. The molecule has 2 rings (SSSR count). The maximum Gasteiger partial charge on any atom is 0.0841 e. The van der Waals surface area contributed by atoms with Crippen LogP contribution in [0.15, 0.2) is 45.3 Å². The molecule has 0 radical (unpaired) electrons. The average molecular weight is 425 g/mol. The van der Waals surface area contributed by atoms with Gasteiger partial charge in [-0.25, -0.2) is 0 Å². The van der Waals surface area contributed by atoms with Gasteiger partial charge in [-0.05, 0) is 41.5 Å². The number of hydrogen-bond acceptors (Lipinski definition) is 1. The van der Waals surface area contributed by atoms with E-state index in [1.807, 2.05) is 18.2 Å². The van der Waals surface area contributed by atoms with Gasteiger partial charge in [0.05, 0.1) is 6.10 Å². The summed E-state index contributed by atoms with van der Waals surface area (Å²) >= 11 is 18.9. The fraction of sp³-hybridized carbons (Fsp3) is 0.143. The molecule has 1 unspecified atom stereocenters. The SMILES string of the molecule is OC(Cc1cc(Cl)ccc1Cl)c1ccc(Br)cc1Br. The maximum absolute atomic E-state index is 10.3. The third-order valence-corrected chi connectivity index (χ3v) is 4.53. The minimum Gasteiger partial charge on any atom is -0.388 e. The standard InChI is InChI=1S/C14H10Br2Cl2O/c15-9-1-3-11(12(16)7-9)14(19)6-8-5-10(17)2-4-13(8)18/h1-5,7,14,19H,6H2. The number of rotatable bonds is 3. The fourth-order valence-corrected chi connectivity index (χ4v) is 3.49. The molecule has 0 aromatic heterocycles. The van der Waals surface area contributed by atoms with Crippen LogP contribution in [0.5, 0.6) is 0 Å². The Balaban J connectivity index is 2.25. The normalized spacial score (nSPS) is 12.5. The highest BCUT2D eigenvalue weighted by Gasteiger charge is 2.14. The first-order valence-corrected chi connectivity index (χ1v) is 7.88. The van der Waals surface area contributed by atoms with Crippen molar-refractivity contribution in [2.75, 3.05) is 0 Å². The molecule has 1 atom stereocenters. The fourth-order valence-electron chi connectivity index (χ4n) is 1.79. The number of halogens is 4. The Hall–Kier alpha value is -0.0600. The van der Waals surface area contributed by atoms with Crippen LogP contribution in [0.3, 0.4) is 0 Å². The molecule has 0 aliphatic rings. The molecule has 2 aromatic carbocycles. The minimum absolute atomic E-state index is 0.416. The third-order valence-electron chi connectivity index (χ3n) is 2.74. The Kier molecular flexibility index (Phi) is 5.32. The van der Waals surface area contributed by atoms with Crippen LogP contribution in [0, 0.1) is 0 Å². The first-order valence-electron chi connectivity index (χ1n) is 5.54. The van der Waals surface area contributed by atoms with Gasteiger partial charge in [0.25, 0.3) is 0 Å². The molecule has 0 heterocycles. The van der Waals surface area contributed by atoms with Gasteiger partial charge >= 0.3 is 0 Å². The van der Waals surface area contributed by atoms with Gasteiger partial charge in [-0.3, -0.25) is 0 Å². The summed E-state index contributed by atoms with van der Waals surface area (Å²) in [5, 5.41) is 11.5. The van der Waals surface area contributed by atoms with Crippen molar-refractivity contribution in [1.29, 1.82) is 0 Å². The Labute approximate surface area is 138 Å². The second-order valence-corrected chi connectivity index (χ2v) is 6.74. The molecular weight excluding hydrogens is 415 g/mol. The van der Waals surface area contributed by atoms with E-state index in [1.165, 1.54) is 0 Å². The quantitative estimate of drug-likeness (QED) is 0.660. The van der Waals surface area contributed by atoms with Crippen molar-refractivity contribution < 1.29 is 5.11 Å². The maximum atomic E-state index is 10.3. The van der Waals surface area contributed by atoms with Gasteiger partial charge in [-0.15, -0.1) is 0 Å². The molecule has 5 heteroatoms. The summed E-state index contributed by atoms with van der Waals surface area (Å²) in [5.41, 5.74) is 1.65. The summed E-state index contributed by atoms with van der Waals surface area (Å²) in [6.07, 6.45) is -0.224. The zero-order valence-electron chi connectivity index (χ0n) is 9.71. The molecule has 19 heavy (non-hydrogen) atoms. The molecular formula is C14H10Br2Cl2O. The summed E-state index contributed by atoms with van der Waals surface area (Å²) in [4.78, 5) is 0. The van der Waals surface area contributed by atoms with Crippen molar-refractivity contribution in [2.24, 2.45) is 0 Å². The topological polar surface area (TPSA) is 20.2 Å². The van der Waals surface area contributed by atoms with Gasteiger partial charge < -0.3 is 5.11 Å². The summed E-state index contributed by atoms with van der Waals surface area (Å²) in [6.45, 7) is 0. The second-order valence-electron chi connectivity index (χ2n) is 4.12. The molecule has 0 bridgehead atoms. The minimum atomic E-state index is -0.640. The van der Waals surface area contributed by atoms with Crippen molar-refractivity contribution in [1.82, 2.24) is 0 Å². The number of aliphatic hydroxyl groups is 1. The van der Waals surface area contributed by atoms with Crippen molar-refractivity contribution >= 4 is 55.1 Å². The van der Waals surface area contributed by atoms with Gasteiger partial charge in [-0.2, -0.15) is 0 Å². The van der Waals surface area contributed by atoms with E-state index in [0.717, 1.165) is 20.1 Å². The summed E-state index contributed by atoms with van der Waals surface area (Å²) < 4.78 is 1.81. The van der Waals surface area contributed by atoms with E-state index in [1.54, 1.807) is 18.2 Å². The first-order chi connectivity index (χ1) is 8.97. The average Bonchev–Trinajstić information content (AvgIpc) is 2.33. The lowest BCUT2D eigenvalue weighted by Gasteiger charge is -2.14. The van der Waals surface area contributed by atoms with Crippen molar-refractivity contribution in [3.05, 3.63) is 66.5 Å². The molecule has 0 aliphatic heterocycles. The molecule has 1 N–H and O–H groups in total. The predicted molar refractivity (Wildman–Crippen MR) is 87.0 cm³/mol. The van der Waals surface area contributed by atoms with E-state index < -0.39 is 6.10 Å². The van der Waals surface area contributed by atoms with E-state index in [2.05, 4.69) is 31.9 Å². The molecule has 0 spiro atoms. The Morgan fingerprint density at radius 1 is 1.05 bits per heavy atom. The molecule has 0 amide bonds. The van der Waals surface area contributed by atoms with Crippen LogP contribution >= 0.6 is 55.1 Å². The number of hydrogen-bond donors (Lipinski definition) is 1. The van der Waals surface area contributed by atoms with Crippen LogP contribution in [-0.4, -0.2) is 5.11 Å². The molecule has 1 nitrogen and oxygen atoms in total. The van der Waals surface area contributed by atoms with E-state index in [9.17, 15) is 5.11 Å². The van der Waals surface area contributed by atoms with E-state index in [4.69, 9.17) is 23.2 Å². The molecule has 0 saturated carbocycles. The van der Waals surface area contributed by atoms with Gasteiger partial charge in [-0.1, -0.05) is 61.1 Å². The summed E-state index contributed by atoms with van der Waals surface area (Å²) in [5.74, 6) is 0. The van der Waals surface area contributed by atoms with Crippen molar-refractivity contribution in [3.8, 4) is 0 Å². The van der Waals surface area contributed by atoms with Crippen LogP contribution in [0.2, 0.25) is 10.0 Å². The highest BCUT2D eigenvalue weighted by Crippen LogP contribution is 2.31. The third kappa shape index (κ3) is 3.96. The largest absolute Gasteiger partial charge is 0.388 e. The number of benzene rings is 2. The van der Waals surface area contributed by atoms with Gasteiger partial charge in [0.15, 0.2) is 0 Å². The second kappa shape index (κ2) is 6.59. The Morgan fingerprint density at radius 2 is 1.79 bits per heavy atom. The summed E-state index contributed by atoms with van der Waals surface area (Å²) in [7, 11) is 0. The monoisotopic (exact) mass is 422 g/mol. The smallest absolute Gasteiger partial charge is 0.0841 e. The summed E-state index contributed by atoms with van der Waals surface area (Å²) in [6, 6.07) is 10.9. The Morgan fingerprint density at radius 3 is 2.47 bits per heavy atom. The molecule has 2 aromatic rings. The van der Waals surface area contributed by atoms with Gasteiger partial charge in [0.1, 0.15) is 0 Å². The lowest BCUT2D eigenvalue weighted by molar-refractivity contribution is 0.177. The molecule has 100 valence electrons. The molecule has 0 fully saturated rings. The van der Waals surface area contributed by atoms with E-state index in [-0.39, 0.29) is 0 Å². The lowest BCUT2D eigenvalue weighted by atomic mass is 10.0. The van der Waals surface area contributed by atoms with Gasteiger partial charge in [0.2, 0.25) is 0 Å². The van der Waals surface area contributed by atoms with Crippen LogP contribution in [0.4, 0.5) is 0 Å². The van der Waals surface area contributed by atoms with Crippen LogP contribution in [-0.2, 0) is 6.42 Å². The predicted octanol–water partition coefficient (Wildman–Crippen LogP) is 5.79. The first kappa shape index (κ1) is 15.3. The van der Waals surface area contributed by atoms with Gasteiger partial charge in [0, 0.05) is 25.4 Å². The van der Waals surface area contributed by atoms with Crippen molar-refractivity contribution in [3.63, 3.8) is 0 Å². The highest BCUT2D eigenvalue weighted by atomic mass is 79.9. The van der Waals surface area contributed by atoms with E-state index in [0.29, 0.717) is 16.5 Å². The Bertz CT molecular complexity index is 602. The van der Waals surface area contributed by atoms with E-state index >= 15 is 0 Å². The van der Waals surface area contributed by atoms with Crippen LogP contribution in [0.1, 0.15) is 17.2 Å². The number of aliphatic hydroxyl groups excluding tert-OH is 1. The highest BCUT2D eigenvalue weighted by molar-refractivity contribution is 9.11. The zero-order chi connectivity index (χ0) is 14.0. The van der Waals surface area contributed by atoms with Crippen molar-refractivity contribution in [2.45, 2.75) is 12.5 Å². The van der Waals surface area contributed by atoms with Crippen LogP contribution in [0.25, 0.3) is 0 Å².